The van der Waals surface area contributed by atoms with E-state index in [-0.39, 0.29) is 0 Å². The molecule has 0 amide bonds. The molecule has 0 N–H and O–H groups in total. The monoisotopic (exact) mass is 514 g/mol. The van der Waals surface area contributed by atoms with Gasteiger partial charge in [0.1, 0.15) is 0 Å². The molecule has 7 rings (SSSR count). The van der Waals surface area contributed by atoms with E-state index in [4.69, 9.17) is 19.9 Å². The summed E-state index contributed by atoms with van der Waals surface area (Å²) in [5.41, 5.74) is 13.5. The van der Waals surface area contributed by atoms with Crippen molar-refractivity contribution in [3.05, 3.63) is 132 Å². The second-order valence-corrected chi connectivity index (χ2v) is 10.1. The summed E-state index contributed by atoms with van der Waals surface area (Å²) in [7, 11) is 0. The fourth-order valence-electron chi connectivity index (χ4n) is 5.01. The molecular formula is C36H26N4. The van der Waals surface area contributed by atoms with Gasteiger partial charge >= 0.3 is 0 Å². The summed E-state index contributed by atoms with van der Waals surface area (Å²) >= 11 is 0. The number of rotatable bonds is 4. The number of benzene rings is 5. The Morgan fingerprint density at radius 2 is 0.525 bits per heavy atom. The Kier molecular flexibility index (Phi) is 5.86. The van der Waals surface area contributed by atoms with Crippen molar-refractivity contribution in [1.82, 2.24) is 19.9 Å². The average Bonchev–Trinajstić information content (AvgIpc) is 3.01. The van der Waals surface area contributed by atoms with Gasteiger partial charge in [-0.25, -0.2) is 19.9 Å². The van der Waals surface area contributed by atoms with E-state index in [9.17, 15) is 0 Å². The van der Waals surface area contributed by atoms with Crippen molar-refractivity contribution in [2.24, 2.45) is 0 Å². The molecule has 0 unspecified atom stereocenters. The van der Waals surface area contributed by atoms with Gasteiger partial charge in [-0.2, -0.15) is 0 Å². The Balaban J connectivity index is 1.38. The maximum absolute atomic E-state index is 5.07. The summed E-state index contributed by atoms with van der Waals surface area (Å²) in [4.78, 5) is 20.2. The Hall–Kier alpha value is -5.22. The van der Waals surface area contributed by atoms with Crippen LogP contribution < -0.4 is 0 Å². The Morgan fingerprint density at radius 1 is 0.300 bits per heavy atom. The lowest BCUT2D eigenvalue weighted by molar-refractivity contribution is 1.28. The second kappa shape index (κ2) is 9.83. The highest BCUT2D eigenvalue weighted by Gasteiger charge is 2.16. The fourth-order valence-corrected chi connectivity index (χ4v) is 5.01. The molecule has 0 spiro atoms. The zero-order valence-electron chi connectivity index (χ0n) is 22.3. The highest BCUT2D eigenvalue weighted by Crippen LogP contribution is 2.35. The third-order valence-electron chi connectivity index (χ3n) is 7.22. The van der Waals surface area contributed by atoms with E-state index < -0.39 is 0 Å². The van der Waals surface area contributed by atoms with Crippen LogP contribution in [0.5, 0.6) is 0 Å². The minimum absolute atomic E-state index is 0.859. The maximum atomic E-state index is 5.07. The van der Waals surface area contributed by atoms with Crippen molar-refractivity contribution in [3.8, 4) is 45.0 Å². The summed E-state index contributed by atoms with van der Waals surface area (Å²) in [6, 6.07) is 41.4. The first-order valence-corrected chi connectivity index (χ1v) is 13.4. The molecule has 7 aromatic rings. The highest BCUT2D eigenvalue weighted by molar-refractivity contribution is 5.89. The van der Waals surface area contributed by atoms with Gasteiger partial charge in [0.05, 0.1) is 44.8 Å². The molecule has 190 valence electrons. The summed E-state index contributed by atoms with van der Waals surface area (Å²) in [6.45, 7) is 4.19. The second-order valence-electron chi connectivity index (χ2n) is 10.1. The van der Waals surface area contributed by atoms with Crippen LogP contribution in [0, 0.1) is 13.8 Å². The lowest BCUT2D eigenvalue weighted by Crippen LogP contribution is -1.97. The standard InChI is InChI=1S/C36H26N4/c1-23-11-15-25(16-12-23)33-35(39-31-9-5-3-7-29(31)37-33)27-19-21-28(22-20-27)36-34(26-17-13-24(2)14-18-26)38-30-8-4-6-10-32(30)40-36/h3-22H,1-2H3. The van der Waals surface area contributed by atoms with Crippen molar-refractivity contribution in [3.63, 3.8) is 0 Å². The van der Waals surface area contributed by atoms with E-state index in [0.29, 0.717) is 0 Å². The molecule has 0 atom stereocenters. The maximum Gasteiger partial charge on any atom is 0.0973 e. The lowest BCUT2D eigenvalue weighted by Gasteiger charge is -2.13. The van der Waals surface area contributed by atoms with Crippen molar-refractivity contribution in [2.75, 3.05) is 0 Å². The molecule has 2 heterocycles. The van der Waals surface area contributed by atoms with Gasteiger partial charge in [0, 0.05) is 22.3 Å². The van der Waals surface area contributed by atoms with E-state index in [2.05, 4.69) is 86.6 Å². The highest BCUT2D eigenvalue weighted by atomic mass is 14.8. The quantitative estimate of drug-likeness (QED) is 0.235. The summed E-state index contributed by atoms with van der Waals surface area (Å²) in [6.07, 6.45) is 0. The minimum atomic E-state index is 0.859. The normalized spacial score (nSPS) is 11.2. The van der Waals surface area contributed by atoms with Crippen LogP contribution in [-0.4, -0.2) is 19.9 Å². The van der Waals surface area contributed by atoms with E-state index in [1.165, 1.54) is 11.1 Å². The molecule has 0 fully saturated rings. The number of nitrogens with zero attached hydrogens (tertiary/aromatic N) is 4. The Bertz CT molecular complexity index is 1840. The molecule has 4 heteroatoms. The summed E-state index contributed by atoms with van der Waals surface area (Å²) < 4.78 is 0. The molecular weight excluding hydrogens is 488 g/mol. The summed E-state index contributed by atoms with van der Waals surface area (Å²) in [5.74, 6) is 0. The summed E-state index contributed by atoms with van der Waals surface area (Å²) in [5, 5.41) is 0. The van der Waals surface area contributed by atoms with Gasteiger partial charge in [0.25, 0.3) is 0 Å². The van der Waals surface area contributed by atoms with Crippen LogP contribution in [0.25, 0.3) is 67.1 Å². The molecule has 4 nitrogen and oxygen atoms in total. The zero-order valence-corrected chi connectivity index (χ0v) is 22.3. The predicted molar refractivity (Wildman–Crippen MR) is 164 cm³/mol. The van der Waals surface area contributed by atoms with E-state index >= 15 is 0 Å². The fraction of sp³-hybridized carbons (Fsp3) is 0.0556. The lowest BCUT2D eigenvalue weighted by atomic mass is 9.99. The number of fused-ring (bicyclic) bond motifs is 2. The van der Waals surface area contributed by atoms with E-state index in [0.717, 1.165) is 67.1 Å². The molecule has 0 aliphatic carbocycles. The number of hydrogen-bond donors (Lipinski definition) is 0. The van der Waals surface area contributed by atoms with Crippen LogP contribution in [0.1, 0.15) is 11.1 Å². The smallest absolute Gasteiger partial charge is 0.0973 e. The molecule has 0 saturated carbocycles. The van der Waals surface area contributed by atoms with Gasteiger partial charge in [-0.3, -0.25) is 0 Å². The molecule has 0 bridgehead atoms. The number of aromatic nitrogens is 4. The van der Waals surface area contributed by atoms with Gasteiger partial charge < -0.3 is 0 Å². The van der Waals surface area contributed by atoms with Crippen LogP contribution in [0.4, 0.5) is 0 Å². The largest absolute Gasteiger partial charge is 0.244 e. The van der Waals surface area contributed by atoms with Crippen LogP contribution in [0.15, 0.2) is 121 Å². The molecule has 40 heavy (non-hydrogen) atoms. The first kappa shape index (κ1) is 23.9. The number of aryl methyl sites for hydroxylation is 2. The van der Waals surface area contributed by atoms with E-state index in [1.54, 1.807) is 0 Å². The SMILES string of the molecule is Cc1ccc(-c2nc3ccccc3nc2-c2ccc(-c3nc4ccccc4nc3-c3ccc(C)cc3)cc2)cc1. The van der Waals surface area contributed by atoms with Crippen molar-refractivity contribution >= 4 is 22.1 Å². The van der Waals surface area contributed by atoms with Crippen LogP contribution >= 0.6 is 0 Å². The first-order valence-electron chi connectivity index (χ1n) is 13.4. The van der Waals surface area contributed by atoms with Crippen molar-refractivity contribution in [1.29, 1.82) is 0 Å². The molecule has 0 aliphatic heterocycles. The van der Waals surface area contributed by atoms with Crippen molar-refractivity contribution < 1.29 is 0 Å². The molecule has 0 saturated heterocycles. The third kappa shape index (κ3) is 4.40. The van der Waals surface area contributed by atoms with Gasteiger partial charge in [0.2, 0.25) is 0 Å². The van der Waals surface area contributed by atoms with Crippen molar-refractivity contribution in [2.45, 2.75) is 13.8 Å². The third-order valence-corrected chi connectivity index (χ3v) is 7.22. The van der Waals surface area contributed by atoms with Crippen LogP contribution in [0.2, 0.25) is 0 Å². The molecule has 0 aliphatic rings. The molecule has 0 radical (unpaired) electrons. The van der Waals surface area contributed by atoms with E-state index in [1.807, 2.05) is 48.5 Å². The van der Waals surface area contributed by atoms with Gasteiger partial charge in [-0.1, -0.05) is 108 Å². The van der Waals surface area contributed by atoms with Crippen LogP contribution in [-0.2, 0) is 0 Å². The molecule has 5 aromatic carbocycles. The Labute approximate surface area is 233 Å². The number of hydrogen-bond acceptors (Lipinski definition) is 4. The number of para-hydroxylation sites is 4. The first-order chi connectivity index (χ1) is 19.6. The minimum Gasteiger partial charge on any atom is -0.244 e. The van der Waals surface area contributed by atoms with Gasteiger partial charge in [0.15, 0.2) is 0 Å². The predicted octanol–water partition coefficient (Wildman–Crippen LogP) is 8.86. The average molecular weight is 515 g/mol. The van der Waals surface area contributed by atoms with Crippen LogP contribution in [0.3, 0.4) is 0 Å². The topological polar surface area (TPSA) is 51.6 Å². The zero-order chi connectivity index (χ0) is 27.1. The van der Waals surface area contributed by atoms with Gasteiger partial charge in [-0.05, 0) is 38.1 Å². The molecule has 2 aromatic heterocycles. The van der Waals surface area contributed by atoms with Gasteiger partial charge in [-0.15, -0.1) is 0 Å². The Morgan fingerprint density at radius 3 is 0.775 bits per heavy atom.